The summed E-state index contributed by atoms with van der Waals surface area (Å²) in [4.78, 5) is 2.36. The second kappa shape index (κ2) is 22.7. The third-order valence-electron chi connectivity index (χ3n) is 11.8. The fraction of sp³-hybridized carbons (Fsp3) is 0.341. The Labute approximate surface area is 452 Å². The van der Waals surface area contributed by atoms with Crippen molar-refractivity contribution in [2.45, 2.75) is 92.4 Å². The molecule has 4 aromatic carbocycles. The molecule has 0 fully saturated rings. The van der Waals surface area contributed by atoms with Crippen molar-refractivity contribution in [1.29, 1.82) is 0 Å². The van der Waals surface area contributed by atoms with E-state index in [4.69, 9.17) is 0 Å². The van der Waals surface area contributed by atoms with Crippen LogP contribution in [0.5, 0.6) is 0 Å². The molecule has 2 heterocycles. The average molecular weight is 993 g/mol. The molecule has 0 N–H and O–H groups in total. The van der Waals surface area contributed by atoms with E-state index in [1.807, 2.05) is 103 Å². The molecular formula is C44H47N2Na3O12S4. The van der Waals surface area contributed by atoms with E-state index in [0.717, 1.165) is 67.7 Å². The molecule has 14 nitrogen and oxygen atoms in total. The Morgan fingerprint density at radius 2 is 1.38 bits per heavy atom. The molecule has 332 valence electrons. The van der Waals surface area contributed by atoms with Gasteiger partial charge in [0.1, 0.15) is 10.1 Å². The van der Waals surface area contributed by atoms with Crippen molar-refractivity contribution in [3.8, 4) is 0 Å². The monoisotopic (exact) mass is 992 g/mol. The summed E-state index contributed by atoms with van der Waals surface area (Å²) < 4.78 is 113. The van der Waals surface area contributed by atoms with Crippen molar-refractivity contribution in [3.63, 3.8) is 0 Å². The van der Waals surface area contributed by atoms with Gasteiger partial charge >= 0.3 is 88.7 Å². The number of allylic oxidation sites excluding steroid dienone is 8. The molecule has 6 rings (SSSR count). The summed E-state index contributed by atoms with van der Waals surface area (Å²) in [6, 6.07) is 17.3. The maximum atomic E-state index is 11.9. The second-order valence-electron chi connectivity index (χ2n) is 16.7. The smallest absolute Gasteiger partial charge is 0.748 e. The molecule has 65 heavy (non-hydrogen) atoms. The fourth-order valence-corrected chi connectivity index (χ4v) is 10.1. The van der Waals surface area contributed by atoms with E-state index >= 15 is 0 Å². The normalized spacial score (nSPS) is 17.6. The van der Waals surface area contributed by atoms with Crippen LogP contribution in [0.3, 0.4) is 0 Å². The Kier molecular flexibility index (Phi) is 20.3. The summed E-state index contributed by atoms with van der Waals surface area (Å²) in [6.45, 7) is 13.3. The summed E-state index contributed by atoms with van der Waals surface area (Å²) in [6.07, 6.45) is 11.7. The first-order valence-electron chi connectivity index (χ1n) is 19.7. The Bertz CT molecular complexity index is 2950. The van der Waals surface area contributed by atoms with Crippen molar-refractivity contribution in [2.24, 2.45) is 0 Å². The van der Waals surface area contributed by atoms with E-state index in [-0.39, 0.29) is 119 Å². The molecule has 4 aromatic rings. The maximum Gasteiger partial charge on any atom is 1.00 e. The van der Waals surface area contributed by atoms with Gasteiger partial charge in [-0.05, 0) is 111 Å². The molecule has 0 bridgehead atoms. The molecule has 0 spiro atoms. The van der Waals surface area contributed by atoms with Gasteiger partial charge in [0.2, 0.25) is 5.69 Å². The molecule has 0 aromatic heterocycles. The van der Waals surface area contributed by atoms with E-state index in [0.29, 0.717) is 10.3 Å². The largest absolute Gasteiger partial charge is 1.00 e. The first-order chi connectivity index (χ1) is 28.9. The van der Waals surface area contributed by atoms with Gasteiger partial charge in [0.05, 0.1) is 47.8 Å². The number of hydrogen-bond acceptors (Lipinski definition) is 14. The summed E-state index contributed by atoms with van der Waals surface area (Å²) in [7, 11) is -13.7. The van der Waals surface area contributed by atoms with Crippen LogP contribution in [-0.2, 0) is 50.6 Å². The average Bonchev–Trinajstić information content (AvgIpc) is 3.54. The minimum absolute atomic E-state index is 0. The summed E-state index contributed by atoms with van der Waals surface area (Å²) in [5, 5.41) is 14.8. The van der Waals surface area contributed by atoms with Crippen LogP contribution in [0.2, 0.25) is 0 Å². The molecule has 21 heteroatoms. The van der Waals surface area contributed by atoms with Gasteiger partial charge in [0, 0.05) is 57.6 Å². The van der Waals surface area contributed by atoms with Crippen LogP contribution in [0.15, 0.2) is 118 Å². The second-order valence-corrected chi connectivity index (χ2v) is 22.4. The molecular weight excluding hydrogens is 946 g/mol. The molecule has 0 saturated heterocycles. The van der Waals surface area contributed by atoms with Crippen LogP contribution in [0, 0.1) is 0 Å². The van der Waals surface area contributed by atoms with E-state index in [1.165, 1.54) is 26.0 Å². The molecule has 2 atom stereocenters. The Balaban J connectivity index is 0.00000374. The number of rotatable bonds is 16. The Morgan fingerprint density at radius 1 is 0.785 bits per heavy atom. The zero-order valence-corrected chi connectivity index (χ0v) is 47.4. The van der Waals surface area contributed by atoms with Crippen LogP contribution in [0.1, 0.15) is 72.4 Å². The van der Waals surface area contributed by atoms with Crippen LogP contribution >= 0.6 is 12.0 Å². The zero-order valence-electron chi connectivity index (χ0n) is 38.1. The predicted octanol–water partition coefficient (Wildman–Crippen LogP) is -2.10. The molecule has 0 amide bonds. The van der Waals surface area contributed by atoms with Gasteiger partial charge in [-0.3, -0.25) is 5.04 Å². The number of hydrogen-bond donors (Lipinski definition) is 0. The van der Waals surface area contributed by atoms with Crippen molar-refractivity contribution >= 4 is 81.0 Å². The topological polar surface area (TPSA) is 219 Å². The van der Waals surface area contributed by atoms with Gasteiger partial charge in [-0.15, -0.1) is 0 Å². The number of anilines is 1. The quantitative estimate of drug-likeness (QED) is 0.0224. The van der Waals surface area contributed by atoms with Gasteiger partial charge in [-0.1, -0.05) is 61.9 Å². The van der Waals surface area contributed by atoms with Crippen molar-refractivity contribution in [3.05, 3.63) is 120 Å². The van der Waals surface area contributed by atoms with Crippen LogP contribution in [0.25, 0.3) is 21.5 Å². The number of nitrogens with zero attached hydrogens (tertiary/aromatic N) is 2. The zero-order chi connectivity index (χ0) is 45.6. The molecule has 2 aliphatic heterocycles. The third-order valence-corrected chi connectivity index (χ3v) is 15.7. The summed E-state index contributed by atoms with van der Waals surface area (Å²) in [5.41, 5.74) is 4.83. The van der Waals surface area contributed by atoms with Gasteiger partial charge in [0.15, 0.2) is 12.3 Å². The molecule has 2 unspecified atom stereocenters. The van der Waals surface area contributed by atoms with E-state index in [1.54, 1.807) is 12.1 Å². The van der Waals surface area contributed by atoms with Crippen molar-refractivity contribution < 1.29 is 147 Å². The van der Waals surface area contributed by atoms with Gasteiger partial charge in [-0.2, -0.15) is 8.91 Å². The summed E-state index contributed by atoms with van der Waals surface area (Å²) in [5.74, 6) is 0. The standard InChI is InChI=1S/C44H50N2O12S4.3Na/c1-28(10-8-12-39-43(4,5)41-35-18-16-33(59-58-57-47)26-31(35)14-20-37(41)45(39)24-22-29(2)60(48,49)50)11-9-13-40-44(6,7)42-36-19-17-34(62(54,55)56)27-32(36)15-21-38(42)46(40)25-23-30(3)61(51,52)53;;;/h8-21,26-27,29-30H,22-25H2,1-7H3,(H3-,47,48,49,50,51,52,53,54,55,56);;;/q;3*+1/p-3. The summed E-state index contributed by atoms with van der Waals surface area (Å²) >= 11 is 0.790. The van der Waals surface area contributed by atoms with Gasteiger partial charge in [-0.25, -0.2) is 25.3 Å². The molecule has 0 saturated carbocycles. The first-order valence-corrected chi connectivity index (χ1v) is 24.8. The predicted molar refractivity (Wildman–Crippen MR) is 235 cm³/mol. The van der Waals surface area contributed by atoms with Crippen LogP contribution in [-0.4, -0.2) is 72.8 Å². The fourth-order valence-electron chi connectivity index (χ4n) is 8.43. The number of benzene rings is 4. The van der Waals surface area contributed by atoms with Crippen molar-refractivity contribution in [2.75, 3.05) is 18.0 Å². The Morgan fingerprint density at radius 3 is 2.02 bits per heavy atom. The van der Waals surface area contributed by atoms with E-state index in [9.17, 15) is 44.2 Å². The number of fused-ring (bicyclic) bond motifs is 6. The van der Waals surface area contributed by atoms with Gasteiger partial charge in [0.25, 0.3) is 0 Å². The third kappa shape index (κ3) is 12.8. The minimum atomic E-state index is -4.69. The molecule has 2 aliphatic rings. The van der Waals surface area contributed by atoms with Crippen molar-refractivity contribution in [1.82, 2.24) is 0 Å². The van der Waals surface area contributed by atoms with Gasteiger partial charge < -0.3 is 23.8 Å². The van der Waals surface area contributed by atoms with Crippen LogP contribution < -0.4 is 98.8 Å². The van der Waals surface area contributed by atoms with E-state index < -0.39 is 51.7 Å². The first kappa shape index (κ1) is 58.1. The SMILES string of the molecule is CC(C=C/C=C1/N(CCC(C)S(=O)(=O)[O-])c2ccc3cc(SOO[O-])ccc3c2C1(C)C)=CC=CC1=[N+](CCC(C)S(=O)(=O)[O-])c2ccc3cc(S(=O)(=O)[O-])ccc3c2C1(C)C.[Na+].[Na+].[Na+]. The van der Waals surface area contributed by atoms with Crippen LogP contribution in [0.4, 0.5) is 11.4 Å². The van der Waals surface area contributed by atoms with E-state index in [2.05, 4.69) is 23.2 Å². The minimum Gasteiger partial charge on any atom is -0.748 e. The Hall–Kier alpha value is -1.21. The molecule has 0 radical (unpaired) electrons. The molecule has 0 aliphatic carbocycles. The maximum absolute atomic E-state index is 11.9.